The zero-order valence-corrected chi connectivity index (χ0v) is 11.8. The van der Waals surface area contributed by atoms with E-state index in [1.807, 2.05) is 0 Å². The molecule has 1 spiro atoms. The Labute approximate surface area is 107 Å². The summed E-state index contributed by atoms with van der Waals surface area (Å²) in [6.45, 7) is 8.92. The first-order valence-corrected chi connectivity index (χ1v) is 7.53. The molecule has 1 saturated carbocycles. The van der Waals surface area contributed by atoms with E-state index in [1.54, 1.807) is 0 Å². The lowest BCUT2D eigenvalue weighted by atomic mass is 9.72. The van der Waals surface area contributed by atoms with Gasteiger partial charge in [-0.1, -0.05) is 27.2 Å². The molecule has 2 fully saturated rings. The number of hydrogen-bond donors (Lipinski definition) is 1. The first-order chi connectivity index (χ1) is 8.16. The zero-order chi connectivity index (χ0) is 12.3. The topological polar surface area (TPSA) is 21.3 Å². The van der Waals surface area contributed by atoms with Gasteiger partial charge in [-0.3, -0.25) is 0 Å². The van der Waals surface area contributed by atoms with Crippen LogP contribution in [0.5, 0.6) is 0 Å². The monoisotopic (exact) mass is 239 g/mol. The Bertz CT molecular complexity index is 231. The maximum Gasteiger partial charge on any atom is 0.0835 e. The van der Waals surface area contributed by atoms with Crippen molar-refractivity contribution in [2.24, 2.45) is 11.8 Å². The SMILES string of the molecule is CCC1CCC2(CC1)OCCNC2CC(C)C. The lowest BCUT2D eigenvalue weighted by Crippen LogP contribution is -2.59. The highest BCUT2D eigenvalue weighted by molar-refractivity contribution is 4.99. The summed E-state index contributed by atoms with van der Waals surface area (Å²) < 4.78 is 6.25. The van der Waals surface area contributed by atoms with Gasteiger partial charge in [0.05, 0.1) is 12.2 Å². The van der Waals surface area contributed by atoms with E-state index in [1.165, 1.54) is 38.5 Å². The third-order valence-corrected chi connectivity index (χ3v) is 4.75. The molecule has 2 rings (SSSR count). The maximum absolute atomic E-state index is 6.25. The molecule has 1 saturated heterocycles. The van der Waals surface area contributed by atoms with Gasteiger partial charge in [-0.2, -0.15) is 0 Å². The Morgan fingerprint density at radius 2 is 2.00 bits per heavy atom. The van der Waals surface area contributed by atoms with Crippen molar-refractivity contribution in [3.8, 4) is 0 Å². The first-order valence-electron chi connectivity index (χ1n) is 7.53. The summed E-state index contributed by atoms with van der Waals surface area (Å²) in [5.41, 5.74) is 0.175. The van der Waals surface area contributed by atoms with Gasteiger partial charge in [0.25, 0.3) is 0 Å². The minimum atomic E-state index is 0.175. The Kier molecular flexibility index (Phi) is 4.48. The van der Waals surface area contributed by atoms with Crippen LogP contribution in [0.15, 0.2) is 0 Å². The van der Waals surface area contributed by atoms with Crippen molar-refractivity contribution in [3.05, 3.63) is 0 Å². The standard InChI is InChI=1S/C15H29NO/c1-4-13-5-7-15(8-6-13)14(11-12(2)3)16-9-10-17-15/h12-14,16H,4-11H2,1-3H3. The zero-order valence-electron chi connectivity index (χ0n) is 11.8. The van der Waals surface area contributed by atoms with Crippen molar-refractivity contribution in [1.29, 1.82) is 0 Å². The Morgan fingerprint density at radius 3 is 2.59 bits per heavy atom. The number of morpholine rings is 1. The summed E-state index contributed by atoms with van der Waals surface area (Å²) in [5.74, 6) is 1.71. The minimum absolute atomic E-state index is 0.175. The van der Waals surface area contributed by atoms with Gasteiger partial charge in [0.1, 0.15) is 0 Å². The van der Waals surface area contributed by atoms with E-state index >= 15 is 0 Å². The van der Waals surface area contributed by atoms with Gasteiger partial charge in [0, 0.05) is 12.6 Å². The Morgan fingerprint density at radius 1 is 1.29 bits per heavy atom. The molecule has 2 nitrogen and oxygen atoms in total. The fourth-order valence-corrected chi connectivity index (χ4v) is 3.61. The van der Waals surface area contributed by atoms with Crippen LogP contribution >= 0.6 is 0 Å². The summed E-state index contributed by atoms with van der Waals surface area (Å²) >= 11 is 0. The number of rotatable bonds is 3. The summed E-state index contributed by atoms with van der Waals surface area (Å²) in [5, 5.41) is 3.72. The van der Waals surface area contributed by atoms with Gasteiger partial charge in [-0.15, -0.1) is 0 Å². The molecule has 1 N–H and O–H groups in total. The second-order valence-corrected chi connectivity index (χ2v) is 6.40. The molecule has 2 aliphatic rings. The second-order valence-electron chi connectivity index (χ2n) is 6.40. The van der Waals surface area contributed by atoms with Crippen molar-refractivity contribution in [1.82, 2.24) is 5.32 Å². The van der Waals surface area contributed by atoms with Crippen molar-refractivity contribution < 1.29 is 4.74 Å². The van der Waals surface area contributed by atoms with E-state index in [9.17, 15) is 0 Å². The predicted molar refractivity (Wildman–Crippen MR) is 72.2 cm³/mol. The molecule has 0 aromatic carbocycles. The largest absolute Gasteiger partial charge is 0.372 e. The molecule has 1 aliphatic heterocycles. The van der Waals surface area contributed by atoms with Crippen LogP contribution in [0.3, 0.4) is 0 Å². The fraction of sp³-hybridized carbons (Fsp3) is 1.00. The second kappa shape index (κ2) is 5.71. The van der Waals surface area contributed by atoms with Crippen LogP contribution in [0.4, 0.5) is 0 Å². The van der Waals surface area contributed by atoms with Crippen molar-refractivity contribution >= 4 is 0 Å². The summed E-state index contributed by atoms with van der Waals surface area (Å²) in [7, 11) is 0. The first kappa shape index (κ1) is 13.4. The molecule has 100 valence electrons. The van der Waals surface area contributed by atoms with Gasteiger partial charge >= 0.3 is 0 Å². The molecule has 1 heterocycles. The molecule has 1 atom stereocenters. The molecule has 1 unspecified atom stereocenters. The van der Waals surface area contributed by atoms with E-state index < -0.39 is 0 Å². The highest BCUT2D eigenvalue weighted by Gasteiger charge is 2.44. The van der Waals surface area contributed by atoms with Gasteiger partial charge in [0.15, 0.2) is 0 Å². The number of ether oxygens (including phenoxy) is 1. The maximum atomic E-state index is 6.25. The lowest BCUT2D eigenvalue weighted by Gasteiger charge is -2.49. The quantitative estimate of drug-likeness (QED) is 0.815. The molecule has 0 radical (unpaired) electrons. The van der Waals surface area contributed by atoms with E-state index in [2.05, 4.69) is 26.1 Å². The van der Waals surface area contributed by atoms with E-state index in [0.717, 1.165) is 25.0 Å². The van der Waals surface area contributed by atoms with E-state index in [4.69, 9.17) is 4.74 Å². The smallest absolute Gasteiger partial charge is 0.0835 e. The van der Waals surface area contributed by atoms with Crippen LogP contribution in [0.2, 0.25) is 0 Å². The van der Waals surface area contributed by atoms with E-state index in [0.29, 0.717) is 6.04 Å². The third kappa shape index (κ3) is 3.03. The molecule has 1 aliphatic carbocycles. The number of nitrogens with one attached hydrogen (secondary N) is 1. The van der Waals surface area contributed by atoms with Crippen molar-refractivity contribution in [2.45, 2.75) is 70.9 Å². The fourth-order valence-electron chi connectivity index (χ4n) is 3.61. The molecule has 0 bridgehead atoms. The van der Waals surface area contributed by atoms with Gasteiger partial charge in [-0.05, 0) is 43.9 Å². The number of hydrogen-bond acceptors (Lipinski definition) is 2. The molecule has 0 amide bonds. The average molecular weight is 239 g/mol. The summed E-state index contributed by atoms with van der Waals surface area (Å²) in [6, 6.07) is 0.592. The molecule has 2 heteroatoms. The Hall–Kier alpha value is -0.0800. The van der Waals surface area contributed by atoms with Crippen LogP contribution in [0.25, 0.3) is 0 Å². The minimum Gasteiger partial charge on any atom is -0.372 e. The molecular weight excluding hydrogens is 210 g/mol. The van der Waals surface area contributed by atoms with Crippen LogP contribution in [-0.2, 0) is 4.74 Å². The lowest BCUT2D eigenvalue weighted by molar-refractivity contribution is -0.127. The highest BCUT2D eigenvalue weighted by atomic mass is 16.5. The van der Waals surface area contributed by atoms with E-state index in [-0.39, 0.29) is 5.60 Å². The van der Waals surface area contributed by atoms with Crippen LogP contribution in [0, 0.1) is 11.8 Å². The summed E-state index contributed by atoms with van der Waals surface area (Å²) in [6.07, 6.45) is 7.89. The molecular formula is C15H29NO. The molecule has 17 heavy (non-hydrogen) atoms. The average Bonchev–Trinajstić information content (AvgIpc) is 2.33. The predicted octanol–water partition coefficient (Wildman–Crippen LogP) is 3.36. The van der Waals surface area contributed by atoms with Gasteiger partial charge < -0.3 is 10.1 Å². The highest BCUT2D eigenvalue weighted by Crippen LogP contribution is 2.41. The van der Waals surface area contributed by atoms with Crippen LogP contribution in [-0.4, -0.2) is 24.8 Å². The normalized spacial score (nSPS) is 38.8. The van der Waals surface area contributed by atoms with Crippen molar-refractivity contribution in [2.75, 3.05) is 13.2 Å². The van der Waals surface area contributed by atoms with Crippen molar-refractivity contribution in [3.63, 3.8) is 0 Å². The van der Waals surface area contributed by atoms with Gasteiger partial charge in [0.2, 0.25) is 0 Å². The molecule has 0 aromatic heterocycles. The molecule has 0 aromatic rings. The van der Waals surface area contributed by atoms with Crippen LogP contribution in [0.1, 0.15) is 59.3 Å². The Balaban J connectivity index is 1.99. The van der Waals surface area contributed by atoms with Crippen LogP contribution < -0.4 is 5.32 Å². The third-order valence-electron chi connectivity index (χ3n) is 4.75. The summed E-state index contributed by atoms with van der Waals surface area (Å²) in [4.78, 5) is 0. The van der Waals surface area contributed by atoms with Gasteiger partial charge in [-0.25, -0.2) is 0 Å².